The lowest BCUT2D eigenvalue weighted by Crippen LogP contribution is -2.23. The Morgan fingerprint density at radius 3 is 2.63 bits per heavy atom. The Morgan fingerprint density at radius 2 is 2.00 bits per heavy atom. The average Bonchev–Trinajstić information content (AvgIpc) is 2.82. The van der Waals surface area contributed by atoms with E-state index in [4.69, 9.17) is 5.73 Å². The smallest absolute Gasteiger partial charge is 0.251 e. The maximum absolute atomic E-state index is 11.9. The Balaban J connectivity index is 2.03. The maximum atomic E-state index is 11.9. The number of halogens is 1. The molecular weight excluding hydrogens is 328 g/mol. The zero-order chi connectivity index (χ0) is 13.8. The number of nitrogens with two attached hydrogens (primary N) is 1. The number of amides is 2. The summed E-state index contributed by atoms with van der Waals surface area (Å²) >= 11 is 4.91. The molecule has 0 unspecified atom stereocenters. The zero-order valence-electron chi connectivity index (χ0n) is 9.85. The second kappa shape index (κ2) is 5.99. The summed E-state index contributed by atoms with van der Waals surface area (Å²) in [5.74, 6) is -0.774. The molecule has 0 spiro atoms. The van der Waals surface area contributed by atoms with Crippen LogP contribution in [0.5, 0.6) is 0 Å². The van der Waals surface area contributed by atoms with Gasteiger partial charge in [-0.15, -0.1) is 11.3 Å². The van der Waals surface area contributed by atoms with E-state index in [1.807, 2.05) is 11.4 Å². The lowest BCUT2D eigenvalue weighted by Gasteiger charge is -2.04. The fraction of sp³-hybridized carbons (Fsp3) is 0.0769. The van der Waals surface area contributed by atoms with Crippen molar-refractivity contribution >= 4 is 39.1 Å². The van der Waals surface area contributed by atoms with E-state index in [0.717, 1.165) is 9.35 Å². The summed E-state index contributed by atoms with van der Waals surface area (Å²) in [6, 6.07) is 8.30. The second-order valence-corrected chi connectivity index (χ2v) is 5.77. The molecule has 19 heavy (non-hydrogen) atoms. The number of hydrogen-bond donors (Lipinski definition) is 2. The van der Waals surface area contributed by atoms with Crippen LogP contribution in [0.3, 0.4) is 0 Å². The van der Waals surface area contributed by atoms with Crippen LogP contribution < -0.4 is 11.1 Å². The molecule has 1 aromatic heterocycles. The van der Waals surface area contributed by atoms with Gasteiger partial charge in [0.1, 0.15) is 0 Å². The van der Waals surface area contributed by atoms with Gasteiger partial charge in [-0.05, 0) is 40.2 Å². The molecule has 98 valence electrons. The summed E-state index contributed by atoms with van der Waals surface area (Å²) in [4.78, 5) is 24.0. The molecule has 2 amide bonds. The second-order valence-electron chi connectivity index (χ2n) is 3.86. The minimum atomic E-state index is -0.545. The minimum Gasteiger partial charge on any atom is -0.366 e. The molecule has 0 radical (unpaired) electrons. The van der Waals surface area contributed by atoms with Gasteiger partial charge < -0.3 is 11.1 Å². The molecule has 0 saturated heterocycles. The highest BCUT2D eigenvalue weighted by Crippen LogP contribution is 2.19. The first-order chi connectivity index (χ1) is 9.06. The van der Waals surface area contributed by atoms with Crippen LogP contribution in [0.4, 0.5) is 0 Å². The van der Waals surface area contributed by atoms with Crippen molar-refractivity contribution in [2.24, 2.45) is 5.73 Å². The largest absolute Gasteiger partial charge is 0.366 e. The highest BCUT2D eigenvalue weighted by atomic mass is 79.9. The molecule has 3 N–H and O–H groups in total. The van der Waals surface area contributed by atoms with Crippen molar-refractivity contribution in [1.82, 2.24) is 5.32 Å². The predicted octanol–water partition coefficient (Wildman–Crippen LogP) is 2.54. The minimum absolute atomic E-state index is 0.229. The summed E-state index contributed by atoms with van der Waals surface area (Å²) in [6.07, 6.45) is 0. The summed E-state index contributed by atoms with van der Waals surface area (Å²) in [6.45, 7) is 0.454. The number of thiophene rings is 1. The Bertz CT molecular complexity index is 625. The van der Waals surface area contributed by atoms with Gasteiger partial charge >= 0.3 is 0 Å². The summed E-state index contributed by atoms with van der Waals surface area (Å²) in [7, 11) is 0. The zero-order valence-corrected chi connectivity index (χ0v) is 12.3. The Labute approximate surface area is 122 Å². The fourth-order valence-corrected chi connectivity index (χ4v) is 2.92. The molecular formula is C13H11BrN2O2S. The number of carbonyl (C=O) groups excluding carboxylic acids is 2. The van der Waals surface area contributed by atoms with Crippen LogP contribution in [0.15, 0.2) is 40.2 Å². The molecule has 0 atom stereocenters. The van der Waals surface area contributed by atoms with Crippen LogP contribution >= 0.6 is 27.3 Å². The van der Waals surface area contributed by atoms with Gasteiger partial charge in [-0.25, -0.2) is 0 Å². The molecule has 2 rings (SSSR count). The molecule has 0 aliphatic rings. The third-order valence-electron chi connectivity index (χ3n) is 2.45. The number of benzene rings is 1. The van der Waals surface area contributed by atoms with Crippen molar-refractivity contribution in [3.05, 3.63) is 56.2 Å². The van der Waals surface area contributed by atoms with Gasteiger partial charge in [-0.1, -0.05) is 6.07 Å². The first-order valence-electron chi connectivity index (χ1n) is 5.47. The normalized spacial score (nSPS) is 10.2. The quantitative estimate of drug-likeness (QED) is 0.899. The van der Waals surface area contributed by atoms with Gasteiger partial charge in [0.05, 0.1) is 6.54 Å². The van der Waals surface area contributed by atoms with Crippen molar-refractivity contribution in [3.8, 4) is 0 Å². The van der Waals surface area contributed by atoms with Crippen molar-refractivity contribution in [1.29, 1.82) is 0 Å². The van der Waals surface area contributed by atoms with E-state index in [0.29, 0.717) is 17.7 Å². The van der Waals surface area contributed by atoms with E-state index < -0.39 is 5.91 Å². The van der Waals surface area contributed by atoms with E-state index in [1.54, 1.807) is 29.5 Å². The van der Waals surface area contributed by atoms with E-state index in [9.17, 15) is 9.59 Å². The number of rotatable bonds is 4. The standard InChI is InChI=1S/C13H11BrN2O2S/c14-10-5-11(19-7-10)6-16-13(18)9-3-1-2-8(4-9)12(15)17/h1-5,7H,6H2,(H2,15,17)(H,16,18). The van der Waals surface area contributed by atoms with Crippen molar-refractivity contribution < 1.29 is 9.59 Å². The number of carbonyl (C=O) groups is 2. The molecule has 0 aliphatic heterocycles. The first-order valence-corrected chi connectivity index (χ1v) is 7.14. The van der Waals surface area contributed by atoms with Gasteiger partial charge in [0.15, 0.2) is 0 Å². The van der Waals surface area contributed by atoms with Gasteiger partial charge in [-0.2, -0.15) is 0 Å². The lowest BCUT2D eigenvalue weighted by molar-refractivity contribution is 0.0951. The van der Waals surface area contributed by atoms with Crippen molar-refractivity contribution in [3.63, 3.8) is 0 Å². The molecule has 1 heterocycles. The van der Waals surface area contributed by atoms with Gasteiger partial charge in [0, 0.05) is 25.9 Å². The molecule has 6 heteroatoms. The van der Waals surface area contributed by atoms with Crippen LogP contribution in [0.1, 0.15) is 25.6 Å². The Kier molecular flexibility index (Phi) is 4.34. The first kappa shape index (κ1) is 13.8. The van der Waals surface area contributed by atoms with E-state index in [-0.39, 0.29) is 5.91 Å². The van der Waals surface area contributed by atoms with Crippen molar-refractivity contribution in [2.75, 3.05) is 0 Å². The number of nitrogens with one attached hydrogen (secondary N) is 1. The molecule has 4 nitrogen and oxygen atoms in total. The maximum Gasteiger partial charge on any atom is 0.251 e. The van der Waals surface area contributed by atoms with Gasteiger partial charge in [0.2, 0.25) is 5.91 Å². The molecule has 1 aromatic carbocycles. The van der Waals surface area contributed by atoms with Gasteiger partial charge in [-0.3, -0.25) is 9.59 Å². The van der Waals surface area contributed by atoms with E-state index >= 15 is 0 Å². The van der Waals surface area contributed by atoms with Crippen LogP contribution in [-0.2, 0) is 6.54 Å². The topological polar surface area (TPSA) is 72.2 Å². The van der Waals surface area contributed by atoms with Crippen LogP contribution in [0.2, 0.25) is 0 Å². The SMILES string of the molecule is NC(=O)c1cccc(C(=O)NCc2cc(Br)cs2)c1. The van der Waals surface area contributed by atoms with E-state index in [2.05, 4.69) is 21.2 Å². The highest BCUT2D eigenvalue weighted by molar-refractivity contribution is 9.10. The summed E-state index contributed by atoms with van der Waals surface area (Å²) < 4.78 is 0.998. The number of hydrogen-bond acceptors (Lipinski definition) is 3. The molecule has 0 bridgehead atoms. The molecule has 2 aromatic rings. The predicted molar refractivity (Wildman–Crippen MR) is 78.1 cm³/mol. The third kappa shape index (κ3) is 3.65. The fourth-order valence-electron chi connectivity index (χ4n) is 1.53. The van der Waals surface area contributed by atoms with Gasteiger partial charge in [0.25, 0.3) is 5.91 Å². The summed E-state index contributed by atoms with van der Waals surface area (Å²) in [5.41, 5.74) is 5.92. The van der Waals surface area contributed by atoms with Crippen LogP contribution in [0, 0.1) is 0 Å². The monoisotopic (exact) mass is 338 g/mol. The molecule has 0 saturated carbocycles. The number of primary amides is 1. The molecule has 0 fully saturated rings. The molecule has 0 aliphatic carbocycles. The highest BCUT2D eigenvalue weighted by Gasteiger charge is 2.08. The van der Waals surface area contributed by atoms with Crippen LogP contribution in [-0.4, -0.2) is 11.8 Å². The Hall–Kier alpha value is -1.66. The average molecular weight is 339 g/mol. The Morgan fingerprint density at radius 1 is 1.26 bits per heavy atom. The van der Waals surface area contributed by atoms with E-state index in [1.165, 1.54) is 6.07 Å². The summed E-state index contributed by atoms with van der Waals surface area (Å²) in [5, 5.41) is 4.75. The lowest BCUT2D eigenvalue weighted by atomic mass is 10.1. The third-order valence-corrected chi connectivity index (χ3v) is 4.15. The van der Waals surface area contributed by atoms with Crippen LogP contribution in [0.25, 0.3) is 0 Å². The van der Waals surface area contributed by atoms with Crippen molar-refractivity contribution in [2.45, 2.75) is 6.54 Å².